The van der Waals surface area contributed by atoms with E-state index < -0.39 is 0 Å². The van der Waals surface area contributed by atoms with Crippen LogP contribution in [0.1, 0.15) is 29.4 Å². The van der Waals surface area contributed by atoms with Crippen molar-refractivity contribution in [2.24, 2.45) is 5.92 Å². The number of methoxy groups -OCH3 is 1. The number of aromatic nitrogens is 1. The Labute approximate surface area is 152 Å². The fourth-order valence-corrected chi connectivity index (χ4v) is 4.96. The van der Waals surface area contributed by atoms with Crippen LogP contribution in [0.4, 0.5) is 0 Å². The first-order valence-electron chi connectivity index (χ1n) is 8.81. The Balaban J connectivity index is 1.49. The van der Waals surface area contributed by atoms with Gasteiger partial charge in [-0.1, -0.05) is 0 Å². The molecule has 2 aromatic heterocycles. The summed E-state index contributed by atoms with van der Waals surface area (Å²) in [6, 6.07) is 8.43. The van der Waals surface area contributed by atoms with Gasteiger partial charge < -0.3 is 10.1 Å². The summed E-state index contributed by atoms with van der Waals surface area (Å²) in [4.78, 5) is 21.2. The SMILES string of the molecule is COc1cc(-c2ccc(C(=O)N[C@@H]3C4CCN(CC4)[C@H]3C)s2)ccn1. The van der Waals surface area contributed by atoms with Crippen molar-refractivity contribution in [1.82, 2.24) is 15.2 Å². The molecule has 5 nitrogen and oxygen atoms in total. The van der Waals surface area contributed by atoms with Crippen molar-refractivity contribution in [1.29, 1.82) is 0 Å². The summed E-state index contributed by atoms with van der Waals surface area (Å²) < 4.78 is 5.18. The van der Waals surface area contributed by atoms with Gasteiger partial charge in [0.15, 0.2) is 0 Å². The lowest BCUT2D eigenvalue weighted by Gasteiger charge is -2.49. The highest BCUT2D eigenvalue weighted by Crippen LogP contribution is 2.33. The lowest BCUT2D eigenvalue weighted by molar-refractivity contribution is 0.0218. The summed E-state index contributed by atoms with van der Waals surface area (Å²) in [5.74, 6) is 1.24. The molecule has 0 radical (unpaired) electrons. The van der Waals surface area contributed by atoms with Crippen molar-refractivity contribution >= 4 is 17.2 Å². The summed E-state index contributed by atoms with van der Waals surface area (Å²) >= 11 is 1.51. The summed E-state index contributed by atoms with van der Waals surface area (Å²) in [5, 5.41) is 3.30. The molecule has 1 amide bonds. The molecule has 3 aliphatic rings. The van der Waals surface area contributed by atoms with Crippen LogP contribution in [-0.4, -0.2) is 48.1 Å². The van der Waals surface area contributed by atoms with Gasteiger partial charge in [-0.15, -0.1) is 11.3 Å². The van der Waals surface area contributed by atoms with Gasteiger partial charge in [-0.3, -0.25) is 9.69 Å². The fourth-order valence-electron chi connectivity index (χ4n) is 4.06. The zero-order valence-corrected chi connectivity index (χ0v) is 15.4. The number of fused-ring (bicyclic) bond motifs is 3. The van der Waals surface area contributed by atoms with E-state index in [1.807, 2.05) is 24.3 Å². The molecule has 5 rings (SSSR count). The largest absolute Gasteiger partial charge is 0.481 e. The highest BCUT2D eigenvalue weighted by Gasteiger charge is 2.40. The van der Waals surface area contributed by atoms with Crippen molar-refractivity contribution < 1.29 is 9.53 Å². The van der Waals surface area contributed by atoms with E-state index in [2.05, 4.69) is 22.1 Å². The Morgan fingerprint density at radius 1 is 1.32 bits per heavy atom. The van der Waals surface area contributed by atoms with E-state index >= 15 is 0 Å². The highest BCUT2D eigenvalue weighted by atomic mass is 32.1. The van der Waals surface area contributed by atoms with Crippen molar-refractivity contribution in [3.05, 3.63) is 35.3 Å². The molecular formula is C19H23N3O2S. The number of hydrogen-bond donors (Lipinski definition) is 1. The van der Waals surface area contributed by atoms with Crippen LogP contribution < -0.4 is 10.1 Å². The number of carbonyl (C=O) groups excluding carboxylic acids is 1. The van der Waals surface area contributed by atoms with Crippen LogP contribution in [0.2, 0.25) is 0 Å². The van der Waals surface area contributed by atoms with Crippen LogP contribution >= 0.6 is 11.3 Å². The van der Waals surface area contributed by atoms with Crippen LogP contribution in [0.15, 0.2) is 30.5 Å². The molecule has 6 heteroatoms. The molecule has 0 aliphatic carbocycles. The Morgan fingerprint density at radius 3 is 2.84 bits per heavy atom. The van der Waals surface area contributed by atoms with Gasteiger partial charge in [-0.2, -0.15) is 0 Å². The predicted octanol–water partition coefficient (Wildman–Crippen LogP) is 3.03. The second-order valence-corrected chi connectivity index (χ2v) is 7.95. The molecule has 132 valence electrons. The number of piperidine rings is 3. The molecule has 3 fully saturated rings. The van der Waals surface area contributed by atoms with Gasteiger partial charge in [0.1, 0.15) is 0 Å². The Hall–Kier alpha value is -1.92. The van der Waals surface area contributed by atoms with E-state index in [0.717, 1.165) is 15.3 Å². The van der Waals surface area contributed by atoms with Crippen LogP contribution in [0, 0.1) is 5.92 Å². The van der Waals surface area contributed by atoms with Crippen molar-refractivity contribution in [3.8, 4) is 16.3 Å². The third-order valence-corrected chi connectivity index (χ3v) is 6.67. The number of carbonyl (C=O) groups is 1. The third kappa shape index (κ3) is 3.16. The quantitative estimate of drug-likeness (QED) is 0.914. The normalized spacial score (nSPS) is 27.9. The van der Waals surface area contributed by atoms with Crippen LogP contribution in [0.5, 0.6) is 5.88 Å². The minimum absolute atomic E-state index is 0.0443. The predicted molar refractivity (Wildman–Crippen MR) is 99.1 cm³/mol. The van der Waals surface area contributed by atoms with Gasteiger partial charge in [0, 0.05) is 29.2 Å². The maximum absolute atomic E-state index is 12.7. The number of ether oxygens (including phenoxy) is 1. The molecule has 2 aromatic rings. The molecule has 0 spiro atoms. The highest BCUT2D eigenvalue weighted by molar-refractivity contribution is 7.17. The lowest BCUT2D eigenvalue weighted by Crippen LogP contribution is -2.62. The first-order chi connectivity index (χ1) is 12.2. The molecule has 1 N–H and O–H groups in total. The van der Waals surface area contributed by atoms with Gasteiger partial charge in [0.05, 0.1) is 12.0 Å². The smallest absolute Gasteiger partial charge is 0.261 e. The monoisotopic (exact) mass is 357 g/mol. The number of amides is 1. The number of thiophene rings is 1. The van der Waals surface area contributed by atoms with Gasteiger partial charge in [0.2, 0.25) is 5.88 Å². The van der Waals surface area contributed by atoms with Crippen molar-refractivity contribution in [2.45, 2.75) is 31.8 Å². The Bertz CT molecular complexity index is 766. The summed E-state index contributed by atoms with van der Waals surface area (Å²) in [6.07, 6.45) is 4.12. The molecule has 5 heterocycles. The molecule has 0 saturated carbocycles. The van der Waals surface area contributed by atoms with Crippen LogP contribution in [-0.2, 0) is 0 Å². The molecule has 2 atom stereocenters. The average molecular weight is 357 g/mol. The van der Waals surface area contributed by atoms with Gasteiger partial charge in [-0.05, 0) is 62.5 Å². The minimum atomic E-state index is 0.0443. The third-order valence-electron chi connectivity index (χ3n) is 5.53. The summed E-state index contributed by atoms with van der Waals surface area (Å²) in [6.45, 7) is 4.58. The zero-order valence-electron chi connectivity index (χ0n) is 14.6. The molecule has 0 aromatic carbocycles. The Morgan fingerprint density at radius 2 is 2.12 bits per heavy atom. The number of hydrogen-bond acceptors (Lipinski definition) is 5. The van der Waals surface area contributed by atoms with E-state index in [9.17, 15) is 4.79 Å². The number of nitrogens with zero attached hydrogens (tertiary/aromatic N) is 2. The van der Waals surface area contributed by atoms with E-state index in [1.165, 1.54) is 37.3 Å². The van der Waals surface area contributed by atoms with Gasteiger partial charge in [0.25, 0.3) is 5.91 Å². The lowest BCUT2D eigenvalue weighted by atomic mass is 9.79. The second-order valence-electron chi connectivity index (χ2n) is 6.86. The number of pyridine rings is 1. The molecule has 25 heavy (non-hydrogen) atoms. The Kier molecular flexibility index (Phi) is 4.48. The second kappa shape index (κ2) is 6.77. The van der Waals surface area contributed by atoms with E-state index in [4.69, 9.17) is 4.74 Å². The van der Waals surface area contributed by atoms with Gasteiger partial charge in [-0.25, -0.2) is 4.98 Å². The van der Waals surface area contributed by atoms with Crippen LogP contribution in [0.25, 0.3) is 10.4 Å². The van der Waals surface area contributed by atoms with E-state index in [1.54, 1.807) is 13.3 Å². The number of nitrogens with one attached hydrogen (secondary N) is 1. The standard InChI is InChI=1S/C19H23N3O2S/c1-12-18(13-6-9-22(12)10-7-13)21-19(23)16-4-3-15(25-16)14-5-8-20-17(11-14)24-2/h3-5,8,11-13,18H,6-7,9-10H2,1-2H3,(H,21,23)/t12-,18-/m0/s1. The van der Waals surface area contributed by atoms with Gasteiger partial charge >= 0.3 is 0 Å². The first-order valence-corrected chi connectivity index (χ1v) is 9.62. The molecule has 3 saturated heterocycles. The molecule has 2 bridgehead atoms. The van der Waals surface area contributed by atoms with E-state index in [0.29, 0.717) is 17.8 Å². The summed E-state index contributed by atoms with van der Waals surface area (Å²) in [7, 11) is 1.61. The maximum Gasteiger partial charge on any atom is 0.261 e. The summed E-state index contributed by atoms with van der Waals surface area (Å²) in [5.41, 5.74) is 1.02. The van der Waals surface area contributed by atoms with E-state index in [-0.39, 0.29) is 11.9 Å². The number of rotatable bonds is 4. The van der Waals surface area contributed by atoms with Crippen molar-refractivity contribution in [2.75, 3.05) is 20.2 Å². The van der Waals surface area contributed by atoms with Crippen molar-refractivity contribution in [3.63, 3.8) is 0 Å². The maximum atomic E-state index is 12.7. The molecular weight excluding hydrogens is 334 g/mol. The van der Waals surface area contributed by atoms with Crippen LogP contribution in [0.3, 0.4) is 0 Å². The molecule has 3 aliphatic heterocycles. The zero-order chi connectivity index (χ0) is 17.4. The first kappa shape index (κ1) is 16.5. The average Bonchev–Trinajstić information content (AvgIpc) is 3.15. The minimum Gasteiger partial charge on any atom is -0.481 e. The molecule has 0 unspecified atom stereocenters. The topological polar surface area (TPSA) is 54.5 Å². The fraction of sp³-hybridized carbons (Fsp3) is 0.474.